The number of fused-ring (bicyclic) bond motifs is 1. The molecule has 0 bridgehead atoms. The molecule has 5 rings (SSSR count). The van der Waals surface area contributed by atoms with Crippen LogP contribution >= 0.6 is 11.3 Å². The molecule has 1 aromatic carbocycles. The number of amides is 1. The van der Waals surface area contributed by atoms with Crippen LogP contribution in [0.15, 0.2) is 47.8 Å². The number of alkyl halides is 3. The molecule has 0 N–H and O–H groups in total. The summed E-state index contributed by atoms with van der Waals surface area (Å²) in [6.07, 6.45) is -3.57. The van der Waals surface area contributed by atoms with Crippen LogP contribution in [0.3, 0.4) is 0 Å². The second kappa shape index (κ2) is 8.67. The van der Waals surface area contributed by atoms with Crippen molar-refractivity contribution in [1.29, 1.82) is 0 Å². The topological polar surface area (TPSA) is 79.5 Å². The lowest BCUT2D eigenvalue weighted by Gasteiger charge is -2.34. The molecule has 1 aliphatic rings. The van der Waals surface area contributed by atoms with Crippen LogP contribution in [0, 0.1) is 12.8 Å². The largest absolute Gasteiger partial charge is 0.453 e. The van der Waals surface area contributed by atoms with Crippen molar-refractivity contribution in [3.8, 4) is 0 Å². The van der Waals surface area contributed by atoms with Gasteiger partial charge in [0.1, 0.15) is 5.82 Å². The number of piperidine rings is 1. The van der Waals surface area contributed by atoms with E-state index in [-0.39, 0.29) is 17.5 Å². The van der Waals surface area contributed by atoms with Crippen molar-refractivity contribution in [2.75, 3.05) is 22.9 Å². The Labute approximate surface area is 196 Å². The Morgan fingerprint density at radius 2 is 1.82 bits per heavy atom. The van der Waals surface area contributed by atoms with Crippen LogP contribution < -0.4 is 9.80 Å². The van der Waals surface area contributed by atoms with Crippen molar-refractivity contribution in [2.45, 2.75) is 25.9 Å². The third-order valence-electron chi connectivity index (χ3n) is 5.70. The Balaban J connectivity index is 1.35. The molecule has 1 aliphatic heterocycles. The molecule has 1 amide bonds. The maximum atomic E-state index is 13.6. The average molecular weight is 488 g/mol. The first kappa shape index (κ1) is 22.3. The third kappa shape index (κ3) is 4.20. The summed E-state index contributed by atoms with van der Waals surface area (Å²) >= 11 is 1.41. The van der Waals surface area contributed by atoms with Crippen molar-refractivity contribution in [2.24, 2.45) is 5.92 Å². The van der Waals surface area contributed by atoms with Crippen molar-refractivity contribution < 1.29 is 18.0 Å². The average Bonchev–Trinajstić information content (AvgIpc) is 3.46. The highest BCUT2D eigenvalue weighted by atomic mass is 32.1. The summed E-state index contributed by atoms with van der Waals surface area (Å²) in [5, 5.41) is 13.4. The maximum Gasteiger partial charge on any atom is 0.453 e. The minimum Gasteiger partial charge on any atom is -0.355 e. The molecule has 34 heavy (non-hydrogen) atoms. The van der Waals surface area contributed by atoms with E-state index < -0.39 is 12.0 Å². The van der Waals surface area contributed by atoms with Gasteiger partial charge in [-0.15, -0.1) is 26.6 Å². The van der Waals surface area contributed by atoms with Crippen LogP contribution in [-0.4, -0.2) is 43.8 Å². The van der Waals surface area contributed by atoms with Crippen LogP contribution in [0.2, 0.25) is 0 Å². The van der Waals surface area contributed by atoms with E-state index >= 15 is 0 Å². The monoisotopic (exact) mass is 487 g/mol. The quantitative estimate of drug-likeness (QED) is 0.422. The first-order valence-corrected chi connectivity index (χ1v) is 11.5. The van der Waals surface area contributed by atoms with E-state index in [9.17, 15) is 18.0 Å². The second-order valence-corrected chi connectivity index (χ2v) is 8.86. The number of para-hydroxylation sites is 1. The lowest BCUT2D eigenvalue weighted by molar-refractivity contribution is -0.146. The van der Waals surface area contributed by atoms with E-state index in [0.717, 1.165) is 11.4 Å². The van der Waals surface area contributed by atoms with Gasteiger partial charge in [-0.25, -0.2) is 4.98 Å². The summed E-state index contributed by atoms with van der Waals surface area (Å²) in [7, 11) is 0. The molecule has 1 saturated heterocycles. The van der Waals surface area contributed by atoms with Gasteiger partial charge in [0.15, 0.2) is 10.8 Å². The molecule has 4 aromatic rings. The lowest BCUT2D eigenvalue weighted by atomic mass is 9.95. The normalized spacial score (nSPS) is 15.1. The molecule has 0 unspecified atom stereocenters. The number of hydrogen-bond donors (Lipinski definition) is 0. The van der Waals surface area contributed by atoms with E-state index in [2.05, 4.69) is 20.3 Å². The molecule has 0 atom stereocenters. The minimum absolute atomic E-state index is 0.0263. The number of aromatic nitrogens is 5. The van der Waals surface area contributed by atoms with Gasteiger partial charge >= 0.3 is 6.18 Å². The highest BCUT2D eigenvalue weighted by molar-refractivity contribution is 7.14. The summed E-state index contributed by atoms with van der Waals surface area (Å²) in [6, 6.07) is 12.5. The van der Waals surface area contributed by atoms with E-state index in [1.54, 1.807) is 11.0 Å². The van der Waals surface area contributed by atoms with Crippen LogP contribution in [-0.2, 0) is 11.0 Å². The predicted octanol–water partition coefficient (Wildman–Crippen LogP) is 4.49. The highest BCUT2D eigenvalue weighted by Gasteiger charge is 2.38. The molecule has 176 valence electrons. The Morgan fingerprint density at radius 3 is 2.47 bits per heavy atom. The Hall–Kier alpha value is -3.54. The smallest absolute Gasteiger partial charge is 0.355 e. The number of hydrogen-bond acceptors (Lipinski definition) is 7. The molecule has 3 aromatic heterocycles. The molecule has 12 heteroatoms. The van der Waals surface area contributed by atoms with Crippen LogP contribution in [0.1, 0.15) is 24.4 Å². The Morgan fingerprint density at radius 1 is 1.09 bits per heavy atom. The molecule has 8 nitrogen and oxygen atoms in total. The number of carbonyl (C=O) groups is 1. The van der Waals surface area contributed by atoms with Crippen LogP contribution in [0.4, 0.5) is 29.8 Å². The van der Waals surface area contributed by atoms with E-state index in [4.69, 9.17) is 0 Å². The van der Waals surface area contributed by atoms with Gasteiger partial charge in [-0.2, -0.15) is 17.7 Å². The van der Waals surface area contributed by atoms with Crippen LogP contribution in [0.5, 0.6) is 0 Å². The number of carbonyl (C=O) groups excluding carboxylic acids is 1. The summed E-state index contributed by atoms with van der Waals surface area (Å²) in [5.41, 5.74) is 1.62. The fraction of sp³-hybridized carbons (Fsp3) is 0.318. The molecule has 0 spiro atoms. The van der Waals surface area contributed by atoms with Gasteiger partial charge in [0.2, 0.25) is 5.91 Å². The fourth-order valence-corrected chi connectivity index (χ4v) is 4.84. The van der Waals surface area contributed by atoms with Gasteiger partial charge in [-0.3, -0.25) is 9.69 Å². The van der Waals surface area contributed by atoms with Gasteiger partial charge < -0.3 is 4.90 Å². The molecular weight excluding hydrogens is 467 g/mol. The standard InChI is InChI=1S/C22H20F3N7OS/c1-14-13-34-21(26-14)31(16-5-3-2-4-6-16)19(33)15-9-11-30(12-10-15)18-8-7-17-27-28-20(22(23,24)25)32(17)29-18/h2-8,13,15H,9-12H2,1H3. The van der Waals surface area contributed by atoms with Crippen LogP contribution in [0.25, 0.3) is 5.65 Å². The molecule has 4 heterocycles. The van der Waals surface area contributed by atoms with E-state index in [1.807, 2.05) is 47.5 Å². The van der Waals surface area contributed by atoms with Gasteiger partial charge in [0.25, 0.3) is 5.82 Å². The van der Waals surface area contributed by atoms with Gasteiger partial charge in [0, 0.05) is 24.4 Å². The second-order valence-electron chi connectivity index (χ2n) is 8.02. The number of benzene rings is 1. The number of aryl methyl sites for hydroxylation is 1. The maximum absolute atomic E-state index is 13.6. The number of rotatable bonds is 4. The summed E-state index contributed by atoms with van der Waals surface area (Å²) in [4.78, 5) is 21.6. The minimum atomic E-state index is -4.65. The van der Waals surface area contributed by atoms with Crippen molar-refractivity contribution in [3.05, 3.63) is 59.4 Å². The molecular formula is C22H20F3N7OS. The molecule has 0 radical (unpaired) electrons. The predicted molar refractivity (Wildman–Crippen MR) is 121 cm³/mol. The number of thiazole rings is 1. The van der Waals surface area contributed by atoms with Gasteiger partial charge in [0.05, 0.1) is 11.4 Å². The first-order chi connectivity index (χ1) is 16.3. The summed E-state index contributed by atoms with van der Waals surface area (Å²) in [6.45, 7) is 2.85. The number of anilines is 3. The zero-order chi connectivity index (χ0) is 23.9. The number of nitrogens with zero attached hydrogens (tertiary/aromatic N) is 7. The molecule has 0 aliphatic carbocycles. The van der Waals surface area contributed by atoms with Crippen molar-refractivity contribution in [3.63, 3.8) is 0 Å². The Bertz CT molecular complexity index is 1310. The van der Waals surface area contributed by atoms with Crippen molar-refractivity contribution >= 4 is 39.5 Å². The lowest BCUT2D eigenvalue weighted by Crippen LogP contribution is -2.41. The summed E-state index contributed by atoms with van der Waals surface area (Å²) in [5.74, 6) is -1.06. The highest BCUT2D eigenvalue weighted by Crippen LogP contribution is 2.33. The summed E-state index contributed by atoms with van der Waals surface area (Å²) < 4.78 is 40.3. The fourth-order valence-electron chi connectivity index (χ4n) is 4.02. The first-order valence-electron chi connectivity index (χ1n) is 10.7. The van der Waals surface area contributed by atoms with Crippen molar-refractivity contribution in [1.82, 2.24) is 24.8 Å². The zero-order valence-corrected chi connectivity index (χ0v) is 18.9. The molecule has 0 saturated carbocycles. The number of halogens is 3. The van der Waals surface area contributed by atoms with Gasteiger partial charge in [-0.1, -0.05) is 18.2 Å². The van der Waals surface area contributed by atoms with E-state index in [1.165, 1.54) is 17.4 Å². The SMILES string of the molecule is Cc1csc(N(C(=O)C2CCN(c3ccc4nnc(C(F)(F)F)n4n3)CC2)c2ccccc2)n1. The Kier molecular flexibility index (Phi) is 5.68. The third-order valence-corrected chi connectivity index (χ3v) is 6.65. The zero-order valence-electron chi connectivity index (χ0n) is 18.1. The van der Waals surface area contributed by atoms with E-state index in [0.29, 0.717) is 41.4 Å². The van der Waals surface area contributed by atoms with Gasteiger partial charge in [-0.05, 0) is 44.0 Å². The molecule has 1 fully saturated rings.